The van der Waals surface area contributed by atoms with E-state index in [1.165, 1.54) is 0 Å². The summed E-state index contributed by atoms with van der Waals surface area (Å²) in [4.78, 5) is 2.35. The summed E-state index contributed by atoms with van der Waals surface area (Å²) in [5, 5.41) is 3.48. The van der Waals surface area contributed by atoms with Gasteiger partial charge in [0.05, 0.1) is 0 Å². The summed E-state index contributed by atoms with van der Waals surface area (Å²) in [5.41, 5.74) is 5.91. The summed E-state index contributed by atoms with van der Waals surface area (Å²) in [6, 6.07) is 0.573. The van der Waals surface area contributed by atoms with Crippen LogP contribution in [0.25, 0.3) is 0 Å². The molecule has 0 aromatic carbocycles. The average molecular weight is 171 g/mol. The molecule has 72 valence electrons. The van der Waals surface area contributed by atoms with E-state index in [1.807, 2.05) is 0 Å². The molecule has 3 nitrogen and oxygen atoms in total. The molecule has 1 heterocycles. The number of piperazine rings is 1. The zero-order valence-electron chi connectivity index (χ0n) is 8.43. The molecule has 3 heteroatoms. The topological polar surface area (TPSA) is 41.3 Å². The van der Waals surface area contributed by atoms with Crippen molar-refractivity contribution in [1.82, 2.24) is 10.2 Å². The monoisotopic (exact) mass is 171 g/mol. The van der Waals surface area contributed by atoms with Gasteiger partial charge in [-0.1, -0.05) is 0 Å². The first kappa shape index (κ1) is 9.96. The van der Waals surface area contributed by atoms with Crippen LogP contribution in [0.5, 0.6) is 0 Å². The van der Waals surface area contributed by atoms with Gasteiger partial charge in [0.1, 0.15) is 0 Å². The molecular formula is C9H21N3. The van der Waals surface area contributed by atoms with Gasteiger partial charge in [0.25, 0.3) is 0 Å². The predicted molar refractivity (Wildman–Crippen MR) is 52.2 cm³/mol. The lowest BCUT2D eigenvalue weighted by Crippen LogP contribution is -2.52. The molecule has 1 atom stereocenters. The van der Waals surface area contributed by atoms with Gasteiger partial charge in [-0.05, 0) is 27.3 Å². The van der Waals surface area contributed by atoms with Crippen LogP contribution >= 0.6 is 0 Å². The van der Waals surface area contributed by atoms with Gasteiger partial charge >= 0.3 is 0 Å². The number of nitrogens with zero attached hydrogens (tertiary/aromatic N) is 1. The molecule has 0 aromatic rings. The Morgan fingerprint density at radius 3 is 2.75 bits per heavy atom. The number of nitrogens with two attached hydrogens (primary N) is 1. The van der Waals surface area contributed by atoms with Crippen molar-refractivity contribution in [2.45, 2.75) is 31.8 Å². The van der Waals surface area contributed by atoms with Crippen LogP contribution in [-0.4, -0.2) is 43.2 Å². The third kappa shape index (κ3) is 3.52. The number of likely N-dealkylation sites (N-methyl/N-ethyl adjacent to an activating group) is 1. The maximum absolute atomic E-state index is 5.95. The van der Waals surface area contributed by atoms with Gasteiger partial charge in [0.15, 0.2) is 0 Å². The molecular weight excluding hydrogens is 150 g/mol. The Balaban J connectivity index is 2.32. The van der Waals surface area contributed by atoms with Crippen LogP contribution in [-0.2, 0) is 0 Å². The summed E-state index contributed by atoms with van der Waals surface area (Å²) < 4.78 is 0. The predicted octanol–water partition coefficient (Wildman–Crippen LogP) is 0.0174. The van der Waals surface area contributed by atoms with E-state index in [-0.39, 0.29) is 5.54 Å². The van der Waals surface area contributed by atoms with E-state index in [4.69, 9.17) is 5.73 Å². The molecule has 1 unspecified atom stereocenters. The Labute approximate surface area is 75.3 Å². The Bertz CT molecular complexity index is 139. The van der Waals surface area contributed by atoms with Crippen LogP contribution in [0.2, 0.25) is 0 Å². The maximum Gasteiger partial charge on any atom is 0.0212 e. The van der Waals surface area contributed by atoms with Crippen LogP contribution in [0, 0.1) is 0 Å². The summed E-state index contributed by atoms with van der Waals surface area (Å²) in [7, 11) is 2.16. The zero-order chi connectivity index (χ0) is 9.19. The molecule has 1 aliphatic heterocycles. The number of hydrogen-bond acceptors (Lipinski definition) is 3. The van der Waals surface area contributed by atoms with Gasteiger partial charge < -0.3 is 16.0 Å². The van der Waals surface area contributed by atoms with Gasteiger partial charge in [-0.3, -0.25) is 0 Å². The first-order chi connectivity index (χ1) is 5.47. The third-order valence-corrected chi connectivity index (χ3v) is 2.23. The molecule has 1 saturated heterocycles. The smallest absolute Gasteiger partial charge is 0.0212 e. The average Bonchev–Trinajstić information content (AvgIpc) is 1.82. The first-order valence-corrected chi connectivity index (χ1v) is 4.68. The van der Waals surface area contributed by atoms with Gasteiger partial charge in [0.2, 0.25) is 0 Å². The highest BCUT2D eigenvalue weighted by atomic mass is 15.2. The molecule has 0 saturated carbocycles. The van der Waals surface area contributed by atoms with E-state index < -0.39 is 0 Å². The van der Waals surface area contributed by atoms with Crippen LogP contribution in [0.1, 0.15) is 20.3 Å². The van der Waals surface area contributed by atoms with Gasteiger partial charge in [0, 0.05) is 31.2 Å². The molecule has 1 aliphatic rings. The summed E-state index contributed by atoms with van der Waals surface area (Å²) in [6.45, 7) is 7.55. The van der Waals surface area contributed by atoms with Crippen LogP contribution in [0.3, 0.4) is 0 Å². The Morgan fingerprint density at radius 1 is 1.58 bits per heavy atom. The number of nitrogens with one attached hydrogen (secondary N) is 1. The van der Waals surface area contributed by atoms with Gasteiger partial charge in [-0.2, -0.15) is 0 Å². The zero-order valence-corrected chi connectivity index (χ0v) is 8.43. The number of rotatable bonds is 2. The third-order valence-electron chi connectivity index (χ3n) is 2.23. The maximum atomic E-state index is 5.95. The van der Waals surface area contributed by atoms with Crippen molar-refractivity contribution in [1.29, 1.82) is 0 Å². The van der Waals surface area contributed by atoms with Crippen molar-refractivity contribution < 1.29 is 0 Å². The van der Waals surface area contributed by atoms with Gasteiger partial charge in [-0.25, -0.2) is 0 Å². The number of hydrogen-bond donors (Lipinski definition) is 2. The minimum absolute atomic E-state index is 0.0458. The first-order valence-electron chi connectivity index (χ1n) is 4.68. The molecule has 1 fully saturated rings. The molecule has 0 spiro atoms. The minimum Gasteiger partial charge on any atom is -0.326 e. The lowest BCUT2D eigenvalue weighted by molar-refractivity contribution is 0.213. The fourth-order valence-electron chi connectivity index (χ4n) is 1.76. The standard InChI is InChI=1S/C9H21N3/c1-9(2,10)6-8-7-12(3)5-4-11-8/h8,11H,4-7,10H2,1-3H3. The van der Waals surface area contributed by atoms with E-state index in [2.05, 4.69) is 31.1 Å². The van der Waals surface area contributed by atoms with E-state index in [1.54, 1.807) is 0 Å². The molecule has 0 aliphatic carbocycles. The van der Waals surface area contributed by atoms with Gasteiger partial charge in [-0.15, -0.1) is 0 Å². The Morgan fingerprint density at radius 2 is 2.25 bits per heavy atom. The van der Waals surface area contributed by atoms with E-state index in [9.17, 15) is 0 Å². The molecule has 3 N–H and O–H groups in total. The fraction of sp³-hybridized carbons (Fsp3) is 1.00. The minimum atomic E-state index is -0.0458. The lowest BCUT2D eigenvalue weighted by atomic mass is 9.95. The second-order valence-corrected chi connectivity index (χ2v) is 4.61. The molecule has 0 radical (unpaired) electrons. The Kier molecular flexibility index (Phi) is 3.09. The van der Waals surface area contributed by atoms with E-state index >= 15 is 0 Å². The van der Waals surface area contributed by atoms with E-state index in [0.29, 0.717) is 6.04 Å². The molecule has 0 aromatic heterocycles. The van der Waals surface area contributed by atoms with E-state index in [0.717, 1.165) is 26.1 Å². The molecule has 0 bridgehead atoms. The van der Waals surface area contributed by atoms with Crippen molar-refractivity contribution in [3.8, 4) is 0 Å². The van der Waals surface area contributed by atoms with Crippen molar-refractivity contribution in [3.05, 3.63) is 0 Å². The van der Waals surface area contributed by atoms with Crippen molar-refractivity contribution in [2.75, 3.05) is 26.7 Å². The molecule has 0 amide bonds. The largest absolute Gasteiger partial charge is 0.326 e. The van der Waals surface area contributed by atoms with Crippen LogP contribution < -0.4 is 11.1 Å². The van der Waals surface area contributed by atoms with Crippen molar-refractivity contribution in [2.24, 2.45) is 5.73 Å². The second-order valence-electron chi connectivity index (χ2n) is 4.61. The fourth-order valence-corrected chi connectivity index (χ4v) is 1.76. The highest BCUT2D eigenvalue weighted by Crippen LogP contribution is 2.10. The summed E-state index contributed by atoms with van der Waals surface area (Å²) in [5.74, 6) is 0. The summed E-state index contributed by atoms with van der Waals surface area (Å²) >= 11 is 0. The SMILES string of the molecule is CN1CCNC(CC(C)(C)N)C1. The quantitative estimate of drug-likeness (QED) is 0.615. The second kappa shape index (κ2) is 3.73. The van der Waals surface area contributed by atoms with Crippen molar-refractivity contribution in [3.63, 3.8) is 0 Å². The van der Waals surface area contributed by atoms with Crippen LogP contribution in [0.15, 0.2) is 0 Å². The Hall–Kier alpha value is -0.120. The van der Waals surface area contributed by atoms with Crippen molar-refractivity contribution >= 4 is 0 Å². The highest BCUT2D eigenvalue weighted by Gasteiger charge is 2.22. The normalized spacial score (nSPS) is 27.5. The molecule has 12 heavy (non-hydrogen) atoms. The molecule has 1 rings (SSSR count). The summed E-state index contributed by atoms with van der Waals surface area (Å²) in [6.07, 6.45) is 1.05. The van der Waals surface area contributed by atoms with Crippen LogP contribution in [0.4, 0.5) is 0 Å². The highest BCUT2D eigenvalue weighted by molar-refractivity contribution is 4.84. The lowest BCUT2D eigenvalue weighted by Gasteiger charge is -2.34.